The van der Waals surface area contributed by atoms with Crippen molar-refractivity contribution in [1.29, 1.82) is 0 Å². The fourth-order valence-corrected chi connectivity index (χ4v) is 1.15. The molecule has 14 heavy (non-hydrogen) atoms. The zero-order valence-corrected chi connectivity index (χ0v) is 7.42. The summed E-state index contributed by atoms with van der Waals surface area (Å²) in [5, 5.41) is 13.0. The predicted octanol–water partition coefficient (Wildman–Crippen LogP) is 0.750. The first-order valence-electron chi connectivity index (χ1n) is 4.11. The van der Waals surface area contributed by atoms with Crippen LogP contribution in [0.5, 0.6) is 0 Å². The quantitative estimate of drug-likeness (QED) is 0.427. The second-order valence-corrected chi connectivity index (χ2v) is 2.74. The smallest absolute Gasteiger partial charge is 0.255 e. The molecule has 0 aliphatic rings. The fraction of sp³-hybridized carbons (Fsp3) is 0.222. The summed E-state index contributed by atoms with van der Waals surface area (Å²) in [6.45, 7) is 0.0144. The van der Waals surface area contributed by atoms with Gasteiger partial charge < -0.3 is 5.32 Å². The molecule has 1 aromatic rings. The summed E-state index contributed by atoms with van der Waals surface area (Å²) in [6.07, 6.45) is 0.458. The second kappa shape index (κ2) is 4.96. The number of hydrogen-bond donors (Lipinski definition) is 1. The summed E-state index contributed by atoms with van der Waals surface area (Å²) in [5.74, 6) is 0. The zero-order valence-electron chi connectivity index (χ0n) is 7.42. The Morgan fingerprint density at radius 2 is 2.07 bits per heavy atom. The van der Waals surface area contributed by atoms with Gasteiger partial charge in [0.15, 0.2) is 0 Å². The van der Waals surface area contributed by atoms with Gasteiger partial charge >= 0.3 is 0 Å². The van der Waals surface area contributed by atoms with Crippen LogP contribution in [-0.2, 0) is 4.79 Å². The molecule has 74 valence electrons. The zero-order chi connectivity index (χ0) is 10.4. The highest BCUT2D eigenvalue weighted by Crippen LogP contribution is 2.14. The molecule has 1 unspecified atom stereocenters. The molecule has 1 rings (SSSR count). The van der Waals surface area contributed by atoms with E-state index in [0.29, 0.717) is 12.0 Å². The highest BCUT2D eigenvalue weighted by atomic mass is 16.6. The van der Waals surface area contributed by atoms with Crippen LogP contribution in [0.1, 0.15) is 11.6 Å². The molecule has 1 N–H and O–H groups in total. The largest absolute Gasteiger partial charge is 0.351 e. The van der Waals surface area contributed by atoms with Crippen molar-refractivity contribution in [3.8, 4) is 0 Å². The van der Waals surface area contributed by atoms with Crippen molar-refractivity contribution in [3.63, 3.8) is 0 Å². The number of carbonyl (C=O) groups excluding carboxylic acids is 1. The maximum atomic E-state index is 10.7. The molecule has 1 amide bonds. The van der Waals surface area contributed by atoms with Gasteiger partial charge in [-0.15, -0.1) is 0 Å². The van der Waals surface area contributed by atoms with E-state index < -0.39 is 11.0 Å². The van der Waals surface area contributed by atoms with E-state index in [0.717, 1.165) is 0 Å². The lowest BCUT2D eigenvalue weighted by atomic mass is 10.1. The van der Waals surface area contributed by atoms with Gasteiger partial charge in [-0.3, -0.25) is 14.9 Å². The van der Waals surface area contributed by atoms with Crippen molar-refractivity contribution in [2.75, 3.05) is 6.54 Å². The van der Waals surface area contributed by atoms with Gasteiger partial charge in [0.05, 0.1) is 6.54 Å². The van der Waals surface area contributed by atoms with Gasteiger partial charge in [0.2, 0.25) is 6.41 Å². The van der Waals surface area contributed by atoms with Crippen molar-refractivity contribution in [2.45, 2.75) is 6.04 Å². The maximum Gasteiger partial charge on any atom is 0.255 e. The summed E-state index contributed by atoms with van der Waals surface area (Å²) in [4.78, 5) is 20.3. The molecular weight excluding hydrogens is 184 g/mol. The Balaban J connectivity index is 2.78. The van der Waals surface area contributed by atoms with E-state index in [4.69, 9.17) is 0 Å². The molecule has 0 saturated heterocycles. The molecule has 0 aromatic heterocycles. The number of amides is 1. The summed E-state index contributed by atoms with van der Waals surface area (Å²) in [7, 11) is 0. The highest BCUT2D eigenvalue weighted by Gasteiger charge is 2.21. The van der Waals surface area contributed by atoms with E-state index >= 15 is 0 Å². The Bertz CT molecular complexity index is 313. The number of nitro groups is 1. The molecule has 1 atom stereocenters. The van der Waals surface area contributed by atoms with E-state index in [1.54, 1.807) is 30.3 Å². The van der Waals surface area contributed by atoms with Gasteiger partial charge in [-0.2, -0.15) is 0 Å². The molecule has 0 radical (unpaired) electrons. The molecule has 0 aliphatic heterocycles. The van der Waals surface area contributed by atoms with Crippen LogP contribution in [0, 0.1) is 10.1 Å². The van der Waals surface area contributed by atoms with Gasteiger partial charge in [-0.05, 0) is 0 Å². The Morgan fingerprint density at radius 3 is 2.57 bits per heavy atom. The van der Waals surface area contributed by atoms with Crippen LogP contribution in [0.3, 0.4) is 0 Å². The number of nitrogens with zero attached hydrogens (tertiary/aromatic N) is 1. The molecule has 0 heterocycles. The van der Waals surface area contributed by atoms with Crippen molar-refractivity contribution in [1.82, 2.24) is 5.32 Å². The van der Waals surface area contributed by atoms with Gasteiger partial charge in [0.25, 0.3) is 6.04 Å². The summed E-state index contributed by atoms with van der Waals surface area (Å²) >= 11 is 0. The Hall–Kier alpha value is -1.91. The van der Waals surface area contributed by atoms with E-state index in [-0.39, 0.29) is 6.54 Å². The molecule has 5 nitrogen and oxygen atoms in total. The molecule has 0 bridgehead atoms. The van der Waals surface area contributed by atoms with Crippen molar-refractivity contribution in [3.05, 3.63) is 46.0 Å². The minimum absolute atomic E-state index is 0.0144. The van der Waals surface area contributed by atoms with E-state index in [9.17, 15) is 14.9 Å². The number of rotatable bonds is 5. The topological polar surface area (TPSA) is 72.2 Å². The van der Waals surface area contributed by atoms with Crippen LogP contribution in [0.15, 0.2) is 30.3 Å². The average Bonchev–Trinajstić information content (AvgIpc) is 2.19. The third-order valence-corrected chi connectivity index (χ3v) is 1.83. The van der Waals surface area contributed by atoms with Gasteiger partial charge in [0.1, 0.15) is 0 Å². The Labute approximate surface area is 80.9 Å². The summed E-state index contributed by atoms with van der Waals surface area (Å²) in [6, 6.07) is 7.70. The monoisotopic (exact) mass is 194 g/mol. The maximum absolute atomic E-state index is 10.7. The minimum Gasteiger partial charge on any atom is -0.351 e. The van der Waals surface area contributed by atoms with Crippen LogP contribution < -0.4 is 5.32 Å². The van der Waals surface area contributed by atoms with Gasteiger partial charge in [-0.1, -0.05) is 30.3 Å². The minimum atomic E-state index is -0.874. The van der Waals surface area contributed by atoms with Crippen molar-refractivity contribution >= 4 is 6.41 Å². The first kappa shape index (κ1) is 10.2. The van der Waals surface area contributed by atoms with E-state index in [1.807, 2.05) is 0 Å². The van der Waals surface area contributed by atoms with Crippen LogP contribution >= 0.6 is 0 Å². The van der Waals surface area contributed by atoms with Crippen molar-refractivity contribution in [2.24, 2.45) is 0 Å². The molecular formula is C9H10N2O3. The van der Waals surface area contributed by atoms with Crippen LogP contribution in [0.4, 0.5) is 0 Å². The molecule has 0 spiro atoms. The van der Waals surface area contributed by atoms with Gasteiger partial charge in [0, 0.05) is 10.5 Å². The predicted molar refractivity (Wildman–Crippen MR) is 50.2 cm³/mol. The first-order valence-corrected chi connectivity index (χ1v) is 4.11. The third-order valence-electron chi connectivity index (χ3n) is 1.83. The first-order chi connectivity index (χ1) is 6.75. The molecule has 1 aromatic carbocycles. The lowest BCUT2D eigenvalue weighted by Crippen LogP contribution is -2.25. The molecule has 0 saturated carbocycles. The highest BCUT2D eigenvalue weighted by molar-refractivity contribution is 5.46. The SMILES string of the molecule is O=CNCC(c1ccccc1)[N+](=O)[O-]. The van der Waals surface area contributed by atoms with Crippen molar-refractivity contribution < 1.29 is 9.72 Å². The average molecular weight is 194 g/mol. The number of carbonyl (C=O) groups is 1. The lowest BCUT2D eigenvalue weighted by molar-refractivity contribution is -0.526. The Morgan fingerprint density at radius 1 is 1.43 bits per heavy atom. The lowest BCUT2D eigenvalue weighted by Gasteiger charge is -2.08. The van der Waals surface area contributed by atoms with E-state index in [2.05, 4.69) is 5.32 Å². The summed E-state index contributed by atoms with van der Waals surface area (Å²) < 4.78 is 0. The number of hydrogen-bond acceptors (Lipinski definition) is 3. The second-order valence-electron chi connectivity index (χ2n) is 2.74. The van der Waals surface area contributed by atoms with Crippen LogP contribution in [0.2, 0.25) is 0 Å². The molecule has 0 fully saturated rings. The van der Waals surface area contributed by atoms with E-state index in [1.165, 1.54) is 0 Å². The van der Waals surface area contributed by atoms with Gasteiger partial charge in [-0.25, -0.2) is 0 Å². The summed E-state index contributed by atoms with van der Waals surface area (Å²) in [5.41, 5.74) is 0.590. The number of benzene rings is 1. The molecule has 0 aliphatic carbocycles. The number of nitrogens with one attached hydrogen (secondary N) is 1. The normalized spacial score (nSPS) is 11.7. The Kier molecular flexibility index (Phi) is 3.60. The van der Waals surface area contributed by atoms with Crippen LogP contribution in [-0.4, -0.2) is 17.9 Å². The molecule has 5 heteroatoms. The standard InChI is InChI=1S/C9H10N2O3/c12-7-10-6-9(11(13)14)8-4-2-1-3-5-8/h1-5,7,9H,6H2,(H,10,12). The van der Waals surface area contributed by atoms with Crippen LogP contribution in [0.25, 0.3) is 0 Å². The fourth-order valence-electron chi connectivity index (χ4n) is 1.15. The third kappa shape index (κ3) is 2.55.